The molecule has 5 nitrogen and oxygen atoms in total. The molecule has 6 heteroatoms. The van der Waals surface area contributed by atoms with E-state index in [2.05, 4.69) is 15.8 Å². The number of hydrogen-bond donors (Lipinski definition) is 2. The maximum absolute atomic E-state index is 11.9. The minimum Gasteiger partial charge on any atom is -0.326 e. The monoisotopic (exact) mass is 313 g/mol. The van der Waals surface area contributed by atoms with Gasteiger partial charge in [0.25, 0.3) is 5.91 Å². The number of benzene rings is 1. The lowest BCUT2D eigenvalue weighted by Crippen LogP contribution is -2.18. The maximum atomic E-state index is 11.9. The summed E-state index contributed by atoms with van der Waals surface area (Å²) in [5.74, 6) is -0.0693. The molecular formula is C16H15N3O2S. The molecule has 1 aromatic carbocycles. The Morgan fingerprint density at radius 3 is 2.59 bits per heavy atom. The van der Waals surface area contributed by atoms with Gasteiger partial charge in [-0.3, -0.25) is 9.59 Å². The summed E-state index contributed by atoms with van der Waals surface area (Å²) >= 11 is 1.54. The molecule has 1 aliphatic carbocycles. The van der Waals surface area contributed by atoms with Crippen LogP contribution in [0.25, 0.3) is 0 Å². The number of nitrogens with one attached hydrogen (secondary N) is 2. The number of anilines is 1. The van der Waals surface area contributed by atoms with Gasteiger partial charge in [-0.1, -0.05) is 6.07 Å². The molecule has 0 spiro atoms. The van der Waals surface area contributed by atoms with E-state index in [1.165, 1.54) is 0 Å². The molecule has 0 unspecified atom stereocenters. The van der Waals surface area contributed by atoms with Crippen LogP contribution in [0.4, 0.5) is 5.69 Å². The number of hydrazone groups is 1. The van der Waals surface area contributed by atoms with Gasteiger partial charge in [0.15, 0.2) is 0 Å². The summed E-state index contributed by atoms with van der Waals surface area (Å²) in [5.41, 5.74) is 3.67. The van der Waals surface area contributed by atoms with E-state index in [-0.39, 0.29) is 17.7 Å². The molecule has 1 aliphatic rings. The van der Waals surface area contributed by atoms with Gasteiger partial charge in [0.1, 0.15) is 0 Å². The molecule has 2 aromatic rings. The zero-order valence-corrected chi connectivity index (χ0v) is 12.6. The highest BCUT2D eigenvalue weighted by atomic mass is 32.1. The standard InChI is InChI=1S/C16H15N3O2S/c20-15(11-3-4-11)18-13-7-5-12(6-8-13)16(21)19-17-10-14-2-1-9-22-14/h1-2,5-11H,3-4H2,(H,18,20)(H,19,21)/b17-10+. The highest BCUT2D eigenvalue weighted by molar-refractivity contribution is 7.11. The molecule has 1 heterocycles. The minimum atomic E-state index is -0.284. The first-order chi connectivity index (χ1) is 10.7. The van der Waals surface area contributed by atoms with Crippen LogP contribution in [-0.4, -0.2) is 18.0 Å². The second-order valence-electron chi connectivity index (χ2n) is 5.06. The van der Waals surface area contributed by atoms with Crippen molar-refractivity contribution in [2.45, 2.75) is 12.8 Å². The Kier molecular flexibility index (Phi) is 4.29. The summed E-state index contributed by atoms with van der Waals surface area (Å²) in [6.45, 7) is 0. The Balaban J connectivity index is 1.55. The second-order valence-corrected chi connectivity index (χ2v) is 6.03. The first kappa shape index (κ1) is 14.5. The van der Waals surface area contributed by atoms with E-state index in [9.17, 15) is 9.59 Å². The van der Waals surface area contributed by atoms with Crippen LogP contribution in [0, 0.1) is 5.92 Å². The Bertz CT molecular complexity index is 689. The van der Waals surface area contributed by atoms with Gasteiger partial charge < -0.3 is 5.32 Å². The predicted octanol–water partition coefficient (Wildman–Crippen LogP) is 2.86. The average molecular weight is 313 g/mol. The lowest BCUT2D eigenvalue weighted by atomic mass is 10.2. The number of carbonyl (C=O) groups excluding carboxylic acids is 2. The number of rotatable bonds is 5. The summed E-state index contributed by atoms with van der Waals surface area (Å²) < 4.78 is 0. The third-order valence-electron chi connectivity index (χ3n) is 3.26. The van der Waals surface area contributed by atoms with Gasteiger partial charge in [0.2, 0.25) is 5.91 Å². The zero-order valence-electron chi connectivity index (χ0n) is 11.8. The molecule has 1 fully saturated rings. The molecule has 0 saturated heterocycles. The van der Waals surface area contributed by atoms with Crippen molar-refractivity contribution in [3.05, 3.63) is 52.2 Å². The fourth-order valence-corrected chi connectivity index (χ4v) is 2.46. The lowest BCUT2D eigenvalue weighted by molar-refractivity contribution is -0.117. The topological polar surface area (TPSA) is 70.6 Å². The van der Waals surface area contributed by atoms with Crippen LogP contribution >= 0.6 is 11.3 Å². The molecule has 2 amide bonds. The molecule has 0 radical (unpaired) electrons. The molecule has 0 aliphatic heterocycles. The third kappa shape index (κ3) is 3.79. The molecule has 0 atom stereocenters. The van der Waals surface area contributed by atoms with Crippen molar-refractivity contribution in [1.29, 1.82) is 0 Å². The number of hydrogen-bond acceptors (Lipinski definition) is 4. The fraction of sp³-hybridized carbons (Fsp3) is 0.188. The van der Waals surface area contributed by atoms with Crippen molar-refractivity contribution < 1.29 is 9.59 Å². The van der Waals surface area contributed by atoms with Crippen LogP contribution < -0.4 is 10.7 Å². The Labute approximate surface area is 132 Å². The van der Waals surface area contributed by atoms with Gasteiger partial charge in [0, 0.05) is 22.0 Å². The summed E-state index contributed by atoms with van der Waals surface area (Å²) in [7, 11) is 0. The molecule has 1 saturated carbocycles. The Hall–Kier alpha value is -2.47. The molecule has 1 aromatic heterocycles. The van der Waals surface area contributed by atoms with Crippen LogP contribution in [0.1, 0.15) is 28.1 Å². The average Bonchev–Trinajstić information content (AvgIpc) is 3.26. The molecule has 2 N–H and O–H groups in total. The van der Waals surface area contributed by atoms with Gasteiger partial charge in [-0.2, -0.15) is 5.10 Å². The van der Waals surface area contributed by atoms with Crippen LogP contribution in [0.15, 0.2) is 46.9 Å². The Morgan fingerprint density at radius 2 is 1.95 bits per heavy atom. The third-order valence-corrected chi connectivity index (χ3v) is 4.07. The summed E-state index contributed by atoms with van der Waals surface area (Å²) in [5, 5.41) is 8.68. The van der Waals surface area contributed by atoms with E-state index in [1.807, 2.05) is 17.5 Å². The predicted molar refractivity (Wildman–Crippen MR) is 87.2 cm³/mol. The van der Waals surface area contributed by atoms with Crippen molar-refractivity contribution >= 4 is 35.1 Å². The van der Waals surface area contributed by atoms with E-state index < -0.39 is 0 Å². The molecule has 0 bridgehead atoms. The van der Waals surface area contributed by atoms with Crippen molar-refractivity contribution in [3.8, 4) is 0 Å². The molecule has 3 rings (SSSR count). The van der Waals surface area contributed by atoms with Crippen molar-refractivity contribution in [1.82, 2.24) is 5.43 Å². The first-order valence-electron chi connectivity index (χ1n) is 7.00. The number of thiophene rings is 1. The smallest absolute Gasteiger partial charge is 0.271 e. The van der Waals surface area contributed by atoms with Crippen LogP contribution in [0.3, 0.4) is 0 Å². The largest absolute Gasteiger partial charge is 0.326 e. The van der Waals surface area contributed by atoms with Crippen LogP contribution in [0.5, 0.6) is 0 Å². The van der Waals surface area contributed by atoms with Crippen molar-refractivity contribution in [2.24, 2.45) is 11.0 Å². The molecule has 112 valence electrons. The molecule has 22 heavy (non-hydrogen) atoms. The normalized spacial score (nSPS) is 14.0. The quantitative estimate of drug-likeness (QED) is 0.658. The van der Waals surface area contributed by atoms with Gasteiger partial charge in [-0.15, -0.1) is 11.3 Å². The molecular weight excluding hydrogens is 298 g/mol. The van der Waals surface area contributed by atoms with E-state index >= 15 is 0 Å². The Morgan fingerprint density at radius 1 is 1.18 bits per heavy atom. The van der Waals surface area contributed by atoms with E-state index in [4.69, 9.17) is 0 Å². The van der Waals surface area contributed by atoms with Crippen LogP contribution in [-0.2, 0) is 4.79 Å². The van der Waals surface area contributed by atoms with Crippen molar-refractivity contribution in [3.63, 3.8) is 0 Å². The highest BCUT2D eigenvalue weighted by Crippen LogP contribution is 2.30. The number of nitrogens with zero attached hydrogens (tertiary/aromatic N) is 1. The van der Waals surface area contributed by atoms with E-state index in [0.29, 0.717) is 11.3 Å². The van der Waals surface area contributed by atoms with Gasteiger partial charge in [-0.25, -0.2) is 5.43 Å². The van der Waals surface area contributed by atoms with Crippen LogP contribution in [0.2, 0.25) is 0 Å². The number of amides is 2. The zero-order chi connectivity index (χ0) is 15.4. The van der Waals surface area contributed by atoms with Gasteiger partial charge >= 0.3 is 0 Å². The highest BCUT2D eigenvalue weighted by Gasteiger charge is 2.29. The van der Waals surface area contributed by atoms with E-state index in [0.717, 1.165) is 17.7 Å². The lowest BCUT2D eigenvalue weighted by Gasteiger charge is -2.05. The first-order valence-corrected chi connectivity index (χ1v) is 7.88. The SMILES string of the molecule is O=C(N/N=C/c1cccs1)c1ccc(NC(=O)C2CC2)cc1. The van der Waals surface area contributed by atoms with E-state index in [1.54, 1.807) is 41.8 Å². The van der Waals surface area contributed by atoms with Gasteiger partial charge in [-0.05, 0) is 48.6 Å². The number of carbonyl (C=O) groups is 2. The summed E-state index contributed by atoms with van der Waals surface area (Å²) in [6, 6.07) is 10.6. The maximum Gasteiger partial charge on any atom is 0.271 e. The fourth-order valence-electron chi connectivity index (χ4n) is 1.88. The summed E-state index contributed by atoms with van der Waals surface area (Å²) in [6.07, 6.45) is 3.54. The summed E-state index contributed by atoms with van der Waals surface area (Å²) in [4.78, 5) is 24.5. The van der Waals surface area contributed by atoms with Gasteiger partial charge in [0.05, 0.1) is 6.21 Å². The minimum absolute atomic E-state index is 0.0535. The van der Waals surface area contributed by atoms with Crippen molar-refractivity contribution in [2.75, 3.05) is 5.32 Å². The second kappa shape index (κ2) is 6.53.